The van der Waals surface area contributed by atoms with Crippen LogP contribution in [0, 0.1) is 11.8 Å². The number of hydrogen-bond donors (Lipinski definition) is 0. The maximum atomic E-state index is 12.3. The fraction of sp³-hybridized carbons (Fsp3) is 0.926. The molecular weight excluding hydrogens is 402 g/mol. The third-order valence-electron chi connectivity index (χ3n) is 5.96. The maximum absolute atomic E-state index is 12.3. The lowest BCUT2D eigenvalue weighted by molar-refractivity contribution is -0.162. The molecule has 5 nitrogen and oxygen atoms in total. The summed E-state index contributed by atoms with van der Waals surface area (Å²) in [4.78, 5) is 26.2. The van der Waals surface area contributed by atoms with Gasteiger partial charge in [0.2, 0.25) is 0 Å². The lowest BCUT2D eigenvalue weighted by atomic mass is 10.0. The molecule has 0 heterocycles. The van der Waals surface area contributed by atoms with Crippen LogP contribution in [0.5, 0.6) is 0 Å². The van der Waals surface area contributed by atoms with Gasteiger partial charge in [0.15, 0.2) is 0 Å². The molecule has 0 fully saturated rings. The summed E-state index contributed by atoms with van der Waals surface area (Å²) in [6, 6.07) is 0. The van der Waals surface area contributed by atoms with E-state index in [1.807, 2.05) is 32.8 Å². The van der Waals surface area contributed by atoms with Crippen LogP contribution in [0.2, 0.25) is 0 Å². The molecule has 0 N–H and O–H groups in total. The Morgan fingerprint density at radius 3 is 1.62 bits per heavy atom. The topological polar surface area (TPSA) is 55.8 Å². The summed E-state index contributed by atoms with van der Waals surface area (Å²) < 4.78 is 10.7. The molecule has 0 aliphatic rings. The molecule has 0 spiro atoms. The highest BCUT2D eigenvalue weighted by atomic mass is 16.6. The van der Waals surface area contributed by atoms with Gasteiger partial charge in [-0.3, -0.25) is 9.59 Å². The molecule has 0 aliphatic carbocycles. The zero-order chi connectivity index (χ0) is 24.2. The minimum Gasteiger partial charge on any atom is -0.462 e. The number of unbranched alkanes of at least 4 members (excludes halogenated alkanes) is 12. The molecule has 0 radical (unpaired) electrons. The van der Waals surface area contributed by atoms with Crippen molar-refractivity contribution in [1.82, 2.24) is 4.90 Å². The largest absolute Gasteiger partial charge is 0.462 e. The Balaban J connectivity index is 3.66. The van der Waals surface area contributed by atoms with E-state index in [1.165, 1.54) is 77.0 Å². The number of carbonyl (C=O) groups is 2. The molecule has 5 heteroatoms. The Morgan fingerprint density at radius 1 is 0.688 bits per heavy atom. The van der Waals surface area contributed by atoms with Gasteiger partial charge in [-0.15, -0.1) is 0 Å². The smallest absolute Gasteiger partial charge is 0.310 e. The average molecular weight is 456 g/mol. The van der Waals surface area contributed by atoms with Crippen molar-refractivity contribution in [2.24, 2.45) is 11.8 Å². The van der Waals surface area contributed by atoms with Crippen molar-refractivity contribution in [3.63, 3.8) is 0 Å². The minimum absolute atomic E-state index is 0.103. The van der Waals surface area contributed by atoms with Gasteiger partial charge in [-0.25, -0.2) is 0 Å². The standard InChI is InChI=1S/C27H53NO4/c1-7-8-9-10-11-12-13-14-15-16-17-18-19-20-23(2)27(30)32-25(4)22-31-26(29)24(3)21-28(5)6/h23-25H,7-22H2,1-6H3. The maximum Gasteiger partial charge on any atom is 0.310 e. The van der Waals surface area contributed by atoms with E-state index < -0.39 is 6.10 Å². The van der Waals surface area contributed by atoms with E-state index in [4.69, 9.17) is 9.47 Å². The van der Waals surface area contributed by atoms with Crippen LogP contribution in [0.3, 0.4) is 0 Å². The van der Waals surface area contributed by atoms with Crippen molar-refractivity contribution >= 4 is 11.9 Å². The summed E-state index contributed by atoms with van der Waals surface area (Å²) in [6.07, 6.45) is 17.7. The zero-order valence-electron chi connectivity index (χ0n) is 22.1. The van der Waals surface area contributed by atoms with Gasteiger partial charge in [-0.05, 0) is 27.4 Å². The Bertz CT molecular complexity index is 467. The Hall–Kier alpha value is -1.10. The number of esters is 2. The first-order valence-electron chi connectivity index (χ1n) is 13.3. The van der Waals surface area contributed by atoms with E-state index in [0.717, 1.165) is 12.8 Å². The summed E-state index contributed by atoms with van der Waals surface area (Å²) in [5.74, 6) is -0.730. The van der Waals surface area contributed by atoms with E-state index in [0.29, 0.717) is 6.54 Å². The quantitative estimate of drug-likeness (QED) is 0.141. The fourth-order valence-corrected chi connectivity index (χ4v) is 3.90. The molecule has 0 saturated carbocycles. The lowest BCUT2D eigenvalue weighted by Gasteiger charge is -2.19. The normalized spacial score (nSPS) is 14.2. The first-order chi connectivity index (χ1) is 15.3. The van der Waals surface area contributed by atoms with E-state index in [2.05, 4.69) is 6.92 Å². The van der Waals surface area contributed by atoms with Crippen molar-refractivity contribution in [3.8, 4) is 0 Å². The highest BCUT2D eigenvalue weighted by Gasteiger charge is 2.20. The van der Waals surface area contributed by atoms with Crippen LogP contribution in [0.15, 0.2) is 0 Å². The van der Waals surface area contributed by atoms with Gasteiger partial charge in [-0.1, -0.05) is 104 Å². The molecule has 3 unspecified atom stereocenters. The second kappa shape index (κ2) is 20.5. The zero-order valence-corrected chi connectivity index (χ0v) is 22.1. The lowest BCUT2D eigenvalue weighted by Crippen LogP contribution is -2.30. The molecule has 0 rings (SSSR count). The van der Waals surface area contributed by atoms with Gasteiger partial charge in [0.05, 0.1) is 11.8 Å². The van der Waals surface area contributed by atoms with Crippen molar-refractivity contribution < 1.29 is 19.1 Å². The molecule has 190 valence electrons. The second-order valence-corrected chi connectivity index (χ2v) is 9.97. The van der Waals surface area contributed by atoms with Crippen LogP contribution in [0.25, 0.3) is 0 Å². The fourth-order valence-electron chi connectivity index (χ4n) is 3.90. The van der Waals surface area contributed by atoms with Crippen molar-refractivity contribution in [2.75, 3.05) is 27.2 Å². The molecular formula is C27H53NO4. The molecule has 0 aromatic heterocycles. The van der Waals surface area contributed by atoms with E-state index in [1.54, 1.807) is 6.92 Å². The average Bonchev–Trinajstić information content (AvgIpc) is 2.74. The van der Waals surface area contributed by atoms with Crippen LogP contribution in [-0.4, -0.2) is 50.2 Å². The molecule has 3 atom stereocenters. The molecule has 0 aromatic rings. The van der Waals surface area contributed by atoms with Crippen LogP contribution in [0.4, 0.5) is 0 Å². The van der Waals surface area contributed by atoms with Crippen LogP contribution < -0.4 is 0 Å². The van der Waals surface area contributed by atoms with E-state index in [-0.39, 0.29) is 30.4 Å². The molecule has 0 bridgehead atoms. The molecule has 0 saturated heterocycles. The van der Waals surface area contributed by atoms with Gasteiger partial charge in [0.25, 0.3) is 0 Å². The SMILES string of the molecule is CCCCCCCCCCCCCCCC(C)C(=O)OC(C)COC(=O)C(C)CN(C)C. The summed E-state index contributed by atoms with van der Waals surface area (Å²) in [5.41, 5.74) is 0. The highest BCUT2D eigenvalue weighted by molar-refractivity contribution is 5.73. The Labute approximate surface area is 199 Å². The third-order valence-corrected chi connectivity index (χ3v) is 5.96. The van der Waals surface area contributed by atoms with Crippen molar-refractivity contribution in [1.29, 1.82) is 0 Å². The second-order valence-electron chi connectivity index (χ2n) is 9.97. The summed E-state index contributed by atoms with van der Waals surface area (Å²) in [6.45, 7) is 8.58. The van der Waals surface area contributed by atoms with Gasteiger partial charge in [-0.2, -0.15) is 0 Å². The predicted molar refractivity (Wildman–Crippen MR) is 134 cm³/mol. The predicted octanol–water partition coefficient (Wildman–Crippen LogP) is 6.78. The van der Waals surface area contributed by atoms with Gasteiger partial charge in [0.1, 0.15) is 12.7 Å². The summed E-state index contributed by atoms with van der Waals surface area (Å²) >= 11 is 0. The molecule has 0 amide bonds. The number of carbonyl (C=O) groups excluding carboxylic acids is 2. The van der Waals surface area contributed by atoms with Crippen LogP contribution in [-0.2, 0) is 19.1 Å². The molecule has 0 aliphatic heterocycles. The van der Waals surface area contributed by atoms with E-state index >= 15 is 0 Å². The van der Waals surface area contributed by atoms with Crippen LogP contribution in [0.1, 0.15) is 118 Å². The van der Waals surface area contributed by atoms with Gasteiger partial charge in [0, 0.05) is 6.54 Å². The van der Waals surface area contributed by atoms with Crippen molar-refractivity contribution in [3.05, 3.63) is 0 Å². The first-order valence-corrected chi connectivity index (χ1v) is 13.3. The van der Waals surface area contributed by atoms with Gasteiger partial charge < -0.3 is 14.4 Å². The first kappa shape index (κ1) is 30.9. The Morgan fingerprint density at radius 2 is 1.16 bits per heavy atom. The number of rotatable bonds is 21. The van der Waals surface area contributed by atoms with E-state index in [9.17, 15) is 9.59 Å². The summed E-state index contributed by atoms with van der Waals surface area (Å²) in [7, 11) is 3.85. The number of nitrogens with zero attached hydrogens (tertiary/aromatic N) is 1. The minimum atomic E-state index is -0.410. The Kier molecular flexibility index (Phi) is 19.8. The summed E-state index contributed by atoms with van der Waals surface area (Å²) in [5, 5.41) is 0. The number of hydrogen-bond acceptors (Lipinski definition) is 5. The van der Waals surface area contributed by atoms with Gasteiger partial charge >= 0.3 is 11.9 Å². The molecule has 32 heavy (non-hydrogen) atoms. The number of ether oxygens (including phenoxy) is 2. The highest BCUT2D eigenvalue weighted by Crippen LogP contribution is 2.16. The van der Waals surface area contributed by atoms with Crippen molar-refractivity contribution in [2.45, 2.75) is 124 Å². The monoisotopic (exact) mass is 455 g/mol. The third kappa shape index (κ3) is 18.5. The van der Waals surface area contributed by atoms with Crippen LogP contribution >= 0.6 is 0 Å². The molecule has 0 aromatic carbocycles.